The molecule has 1 aliphatic rings. The van der Waals surface area contributed by atoms with Gasteiger partial charge in [0.15, 0.2) is 0 Å². The Kier molecular flexibility index (Phi) is 3.12. The summed E-state index contributed by atoms with van der Waals surface area (Å²) in [5.41, 5.74) is 3.58. The molecule has 3 aromatic rings. The van der Waals surface area contributed by atoms with Crippen molar-refractivity contribution in [2.75, 3.05) is 6.54 Å². The number of carbonyl (C=O) groups excluding carboxylic acids is 1. The summed E-state index contributed by atoms with van der Waals surface area (Å²) in [6.07, 6.45) is 4.45. The average Bonchev–Trinajstić information content (AvgIpc) is 3.05. The van der Waals surface area contributed by atoms with Crippen LogP contribution in [0.1, 0.15) is 15.9 Å². The van der Waals surface area contributed by atoms with Crippen LogP contribution in [0.5, 0.6) is 5.75 Å². The summed E-state index contributed by atoms with van der Waals surface area (Å²) in [7, 11) is 0. The van der Waals surface area contributed by atoms with Gasteiger partial charge in [0.1, 0.15) is 11.6 Å². The fourth-order valence-electron chi connectivity index (χ4n) is 2.89. The molecule has 1 aliphatic heterocycles. The monoisotopic (exact) mass is 305 g/mol. The Bertz CT molecular complexity index is 882. The molecular weight excluding hydrogens is 290 g/mol. The predicted molar refractivity (Wildman–Crippen MR) is 86.7 cm³/mol. The lowest BCUT2D eigenvalue weighted by atomic mass is 9.99. The van der Waals surface area contributed by atoms with Crippen molar-refractivity contribution < 1.29 is 9.90 Å². The number of fused-ring (bicyclic) bond motifs is 1. The van der Waals surface area contributed by atoms with Crippen LogP contribution in [0.4, 0.5) is 0 Å². The van der Waals surface area contributed by atoms with Crippen molar-refractivity contribution in [1.82, 2.24) is 14.9 Å². The van der Waals surface area contributed by atoms with Crippen LogP contribution in [-0.2, 0) is 6.42 Å². The van der Waals surface area contributed by atoms with E-state index in [9.17, 15) is 9.90 Å². The molecule has 5 nitrogen and oxygen atoms in total. The van der Waals surface area contributed by atoms with Gasteiger partial charge in [0.2, 0.25) is 0 Å². The second-order valence-electron chi connectivity index (χ2n) is 5.52. The van der Waals surface area contributed by atoms with E-state index in [4.69, 9.17) is 0 Å². The zero-order chi connectivity index (χ0) is 15.8. The maximum Gasteiger partial charge on any atom is 0.251 e. The summed E-state index contributed by atoms with van der Waals surface area (Å²) in [4.78, 5) is 16.4. The Hall–Kier alpha value is -3.08. The molecule has 0 radical (unpaired) electrons. The summed E-state index contributed by atoms with van der Waals surface area (Å²) >= 11 is 0. The lowest BCUT2D eigenvalue weighted by Crippen LogP contribution is -2.31. The summed E-state index contributed by atoms with van der Waals surface area (Å²) in [6, 6.07) is 12.8. The van der Waals surface area contributed by atoms with Gasteiger partial charge in [0, 0.05) is 35.8 Å². The first-order valence-corrected chi connectivity index (χ1v) is 7.46. The highest BCUT2D eigenvalue weighted by Gasteiger charge is 2.18. The number of nitrogens with one attached hydrogen (secondary N) is 1. The number of benzene rings is 2. The number of nitrogens with zero attached hydrogens (tertiary/aromatic N) is 2. The van der Waals surface area contributed by atoms with Gasteiger partial charge >= 0.3 is 0 Å². The molecule has 0 bridgehead atoms. The largest absolute Gasteiger partial charge is 0.508 e. The van der Waals surface area contributed by atoms with E-state index in [1.54, 1.807) is 18.3 Å². The Morgan fingerprint density at radius 2 is 1.96 bits per heavy atom. The molecule has 0 atom stereocenters. The van der Waals surface area contributed by atoms with Gasteiger partial charge in [-0.1, -0.05) is 6.07 Å². The molecule has 1 aromatic heterocycles. The first-order valence-electron chi connectivity index (χ1n) is 7.46. The molecule has 2 aromatic carbocycles. The van der Waals surface area contributed by atoms with E-state index in [2.05, 4.69) is 10.3 Å². The lowest BCUT2D eigenvalue weighted by molar-refractivity contribution is 0.0946. The highest BCUT2D eigenvalue weighted by atomic mass is 16.3. The normalized spacial score (nSPS) is 13.5. The number of imidazole rings is 1. The van der Waals surface area contributed by atoms with Crippen molar-refractivity contribution in [1.29, 1.82) is 0 Å². The highest BCUT2D eigenvalue weighted by molar-refractivity contribution is 5.97. The van der Waals surface area contributed by atoms with Gasteiger partial charge in [0.25, 0.3) is 5.91 Å². The van der Waals surface area contributed by atoms with E-state index in [-0.39, 0.29) is 11.7 Å². The van der Waals surface area contributed by atoms with Crippen molar-refractivity contribution in [3.63, 3.8) is 0 Å². The van der Waals surface area contributed by atoms with Crippen LogP contribution in [0.25, 0.3) is 17.1 Å². The van der Waals surface area contributed by atoms with E-state index in [1.807, 2.05) is 41.1 Å². The molecule has 0 spiro atoms. The molecule has 2 heterocycles. The fraction of sp³-hybridized carbons (Fsp3) is 0.111. The summed E-state index contributed by atoms with van der Waals surface area (Å²) in [5.74, 6) is 0.956. The van der Waals surface area contributed by atoms with Crippen molar-refractivity contribution in [2.45, 2.75) is 6.42 Å². The van der Waals surface area contributed by atoms with E-state index in [0.29, 0.717) is 6.54 Å². The molecule has 1 amide bonds. The number of hydrogen-bond acceptors (Lipinski definition) is 3. The third-order valence-corrected chi connectivity index (χ3v) is 4.06. The number of aromatic hydroxyl groups is 1. The molecule has 0 saturated heterocycles. The molecule has 5 heteroatoms. The maximum absolute atomic E-state index is 12.0. The van der Waals surface area contributed by atoms with E-state index < -0.39 is 0 Å². The van der Waals surface area contributed by atoms with Crippen molar-refractivity contribution in [2.24, 2.45) is 0 Å². The molecule has 23 heavy (non-hydrogen) atoms. The van der Waals surface area contributed by atoms with Crippen molar-refractivity contribution in [3.8, 4) is 22.8 Å². The van der Waals surface area contributed by atoms with E-state index >= 15 is 0 Å². The Morgan fingerprint density at radius 3 is 2.78 bits per heavy atom. The Morgan fingerprint density at radius 1 is 1.13 bits per heavy atom. The summed E-state index contributed by atoms with van der Waals surface area (Å²) < 4.78 is 1.94. The number of phenolic OH excluding ortho intramolecular Hbond substituents is 1. The fourth-order valence-corrected chi connectivity index (χ4v) is 2.89. The third kappa shape index (κ3) is 2.36. The number of carbonyl (C=O) groups is 1. The first-order chi connectivity index (χ1) is 11.2. The second kappa shape index (κ2) is 5.28. The minimum Gasteiger partial charge on any atom is -0.508 e. The predicted octanol–water partition coefficient (Wildman–Crippen LogP) is 2.53. The van der Waals surface area contributed by atoms with Crippen molar-refractivity contribution >= 4 is 5.91 Å². The van der Waals surface area contributed by atoms with Crippen LogP contribution in [0.3, 0.4) is 0 Å². The van der Waals surface area contributed by atoms with Gasteiger partial charge in [-0.25, -0.2) is 4.98 Å². The van der Waals surface area contributed by atoms with Gasteiger partial charge in [-0.2, -0.15) is 0 Å². The van der Waals surface area contributed by atoms with Crippen LogP contribution in [0.2, 0.25) is 0 Å². The van der Waals surface area contributed by atoms with E-state index in [1.165, 1.54) is 0 Å². The molecule has 114 valence electrons. The number of aromatic nitrogens is 2. The molecule has 0 fully saturated rings. The van der Waals surface area contributed by atoms with Crippen molar-refractivity contribution in [3.05, 3.63) is 66.0 Å². The average molecular weight is 305 g/mol. The molecule has 4 rings (SSSR count). The number of rotatable bonds is 2. The lowest BCUT2D eigenvalue weighted by Gasteiger charge is -2.18. The van der Waals surface area contributed by atoms with Gasteiger partial charge in [-0.05, 0) is 48.4 Å². The number of phenols is 1. The topological polar surface area (TPSA) is 67.2 Å². The standard InChI is InChI=1S/C18H15N3O2/c22-15-5-2-13(3-6-15)17-19-9-10-21(17)14-4-1-12-7-8-20-18(23)16(12)11-14/h1-6,9-11,22H,7-8H2,(H,20,23). The second-order valence-corrected chi connectivity index (χ2v) is 5.52. The number of amides is 1. The van der Waals surface area contributed by atoms with Crippen LogP contribution in [-0.4, -0.2) is 27.1 Å². The SMILES string of the molecule is O=C1NCCc2ccc(-n3ccnc3-c3ccc(O)cc3)cc21. The zero-order valence-electron chi connectivity index (χ0n) is 12.4. The maximum atomic E-state index is 12.0. The van der Waals surface area contributed by atoms with Crippen LogP contribution >= 0.6 is 0 Å². The zero-order valence-corrected chi connectivity index (χ0v) is 12.4. The number of hydrogen-bond donors (Lipinski definition) is 2. The summed E-state index contributed by atoms with van der Waals surface area (Å²) in [5, 5.41) is 12.3. The highest BCUT2D eigenvalue weighted by Crippen LogP contribution is 2.25. The molecule has 0 aliphatic carbocycles. The molecule has 0 saturated carbocycles. The molecule has 0 unspecified atom stereocenters. The van der Waals surface area contributed by atoms with Crippen LogP contribution < -0.4 is 5.32 Å². The third-order valence-electron chi connectivity index (χ3n) is 4.06. The quantitative estimate of drug-likeness (QED) is 0.764. The van der Waals surface area contributed by atoms with Crippen LogP contribution in [0.15, 0.2) is 54.9 Å². The Labute approximate surface area is 133 Å². The summed E-state index contributed by atoms with van der Waals surface area (Å²) in [6.45, 7) is 0.689. The molecule has 2 N–H and O–H groups in total. The smallest absolute Gasteiger partial charge is 0.251 e. The minimum absolute atomic E-state index is 0.0283. The van der Waals surface area contributed by atoms with Gasteiger partial charge in [0.05, 0.1) is 0 Å². The Balaban J connectivity index is 1.80. The van der Waals surface area contributed by atoms with Gasteiger partial charge in [-0.3, -0.25) is 9.36 Å². The van der Waals surface area contributed by atoms with Gasteiger partial charge in [-0.15, -0.1) is 0 Å². The molecular formula is C18H15N3O2. The van der Waals surface area contributed by atoms with Gasteiger partial charge < -0.3 is 10.4 Å². The minimum atomic E-state index is -0.0283. The van der Waals surface area contributed by atoms with E-state index in [0.717, 1.165) is 34.6 Å². The van der Waals surface area contributed by atoms with Crippen LogP contribution in [0, 0.1) is 0 Å². The first kappa shape index (κ1) is 13.6.